The van der Waals surface area contributed by atoms with Crippen molar-refractivity contribution >= 4 is 12.0 Å². The van der Waals surface area contributed by atoms with Gasteiger partial charge in [-0.15, -0.1) is 0 Å². The van der Waals surface area contributed by atoms with E-state index in [1.54, 1.807) is 13.2 Å². The molecule has 2 aromatic rings. The van der Waals surface area contributed by atoms with Crippen LogP contribution in [0.1, 0.15) is 36.3 Å². The average molecular weight is 311 g/mol. The zero-order valence-corrected chi connectivity index (χ0v) is 13.4. The third-order valence-corrected chi connectivity index (χ3v) is 4.17. The van der Waals surface area contributed by atoms with E-state index in [9.17, 15) is 4.79 Å². The van der Waals surface area contributed by atoms with Crippen LogP contribution in [0.15, 0.2) is 46.9 Å². The number of hydrogen-bond donors (Lipinski definition) is 1. The Labute approximate surface area is 136 Å². The lowest BCUT2D eigenvalue weighted by Gasteiger charge is -2.08. The average Bonchev–Trinajstić information content (AvgIpc) is 3.11. The first kappa shape index (κ1) is 15.4. The predicted molar refractivity (Wildman–Crippen MR) is 89.1 cm³/mol. The molecule has 1 fully saturated rings. The molecule has 1 aromatic heterocycles. The van der Waals surface area contributed by atoms with Crippen molar-refractivity contribution in [3.05, 3.63) is 59.6 Å². The first-order valence-corrected chi connectivity index (χ1v) is 7.85. The minimum Gasteiger partial charge on any atom is -0.496 e. The summed E-state index contributed by atoms with van der Waals surface area (Å²) in [5.74, 6) is 3.61. The molecule has 1 N–H and O–H groups in total. The normalized spacial score (nSPS) is 19.7. The van der Waals surface area contributed by atoms with Crippen LogP contribution in [0.2, 0.25) is 0 Å². The fraction of sp³-hybridized carbons (Fsp3) is 0.316. The van der Waals surface area contributed by atoms with E-state index in [0.717, 1.165) is 17.1 Å². The quantitative estimate of drug-likeness (QED) is 0.827. The van der Waals surface area contributed by atoms with Gasteiger partial charge in [0.2, 0.25) is 5.91 Å². The van der Waals surface area contributed by atoms with Crippen molar-refractivity contribution in [1.82, 2.24) is 5.32 Å². The zero-order valence-electron chi connectivity index (χ0n) is 13.4. The molecule has 3 rings (SSSR count). The number of para-hydroxylation sites is 1. The molecule has 0 saturated heterocycles. The Morgan fingerprint density at radius 3 is 2.87 bits per heavy atom. The Morgan fingerprint density at radius 2 is 2.13 bits per heavy atom. The van der Waals surface area contributed by atoms with E-state index in [4.69, 9.17) is 9.15 Å². The summed E-state index contributed by atoms with van der Waals surface area (Å²) >= 11 is 0. The van der Waals surface area contributed by atoms with Crippen molar-refractivity contribution in [1.29, 1.82) is 0 Å². The molecule has 0 unspecified atom stereocenters. The van der Waals surface area contributed by atoms with Crippen LogP contribution >= 0.6 is 0 Å². The number of furan rings is 1. The van der Waals surface area contributed by atoms with E-state index >= 15 is 0 Å². The van der Waals surface area contributed by atoms with Crippen LogP contribution in [0, 0.1) is 5.92 Å². The summed E-state index contributed by atoms with van der Waals surface area (Å²) in [5.41, 5.74) is 0.944. The molecule has 4 nitrogen and oxygen atoms in total. The summed E-state index contributed by atoms with van der Waals surface area (Å²) in [6.07, 6.45) is 4.39. The van der Waals surface area contributed by atoms with E-state index in [1.165, 1.54) is 12.5 Å². The van der Waals surface area contributed by atoms with Crippen LogP contribution in [-0.2, 0) is 11.3 Å². The van der Waals surface area contributed by atoms with Gasteiger partial charge >= 0.3 is 0 Å². The number of amides is 1. The smallest absolute Gasteiger partial charge is 0.244 e. The van der Waals surface area contributed by atoms with Gasteiger partial charge in [-0.1, -0.05) is 25.1 Å². The molecule has 1 aliphatic carbocycles. The Hall–Kier alpha value is -2.49. The minimum absolute atomic E-state index is 0.159. The molecular formula is C19H21NO3. The molecule has 2 atom stereocenters. The van der Waals surface area contributed by atoms with Crippen molar-refractivity contribution in [2.24, 2.45) is 5.92 Å². The Kier molecular flexibility index (Phi) is 4.51. The van der Waals surface area contributed by atoms with E-state index in [-0.39, 0.29) is 5.91 Å². The van der Waals surface area contributed by atoms with Gasteiger partial charge in [0.15, 0.2) is 0 Å². The van der Waals surface area contributed by atoms with Gasteiger partial charge in [-0.05, 0) is 36.6 Å². The van der Waals surface area contributed by atoms with Gasteiger partial charge < -0.3 is 14.5 Å². The maximum Gasteiger partial charge on any atom is 0.244 e. The van der Waals surface area contributed by atoms with E-state index < -0.39 is 0 Å². The van der Waals surface area contributed by atoms with Crippen LogP contribution < -0.4 is 10.1 Å². The fourth-order valence-electron chi connectivity index (χ4n) is 2.62. The van der Waals surface area contributed by atoms with Crippen LogP contribution in [-0.4, -0.2) is 13.0 Å². The summed E-state index contributed by atoms with van der Waals surface area (Å²) in [6, 6.07) is 11.5. The maximum atomic E-state index is 11.9. The van der Waals surface area contributed by atoms with Gasteiger partial charge in [-0.2, -0.15) is 0 Å². The molecule has 1 saturated carbocycles. The van der Waals surface area contributed by atoms with Gasteiger partial charge in [-0.25, -0.2) is 0 Å². The zero-order chi connectivity index (χ0) is 16.2. The molecule has 23 heavy (non-hydrogen) atoms. The number of hydrogen-bond acceptors (Lipinski definition) is 3. The molecule has 0 bridgehead atoms. The largest absolute Gasteiger partial charge is 0.496 e. The number of methoxy groups -OCH3 is 1. The second-order valence-electron chi connectivity index (χ2n) is 5.92. The third kappa shape index (κ3) is 3.83. The number of rotatable bonds is 6. The van der Waals surface area contributed by atoms with Gasteiger partial charge in [0.1, 0.15) is 17.3 Å². The first-order valence-electron chi connectivity index (χ1n) is 7.85. The highest BCUT2D eigenvalue weighted by Gasteiger charge is 2.36. The molecule has 1 aliphatic rings. The monoisotopic (exact) mass is 311 g/mol. The second-order valence-corrected chi connectivity index (χ2v) is 5.92. The molecule has 4 heteroatoms. The number of benzene rings is 1. The Bertz CT molecular complexity index is 717. The van der Waals surface area contributed by atoms with Gasteiger partial charge in [0.05, 0.1) is 7.11 Å². The lowest BCUT2D eigenvalue weighted by atomic mass is 10.2. The third-order valence-electron chi connectivity index (χ3n) is 4.17. The van der Waals surface area contributed by atoms with Crippen LogP contribution in [0.25, 0.3) is 6.08 Å². The Balaban J connectivity index is 1.53. The topological polar surface area (TPSA) is 51.5 Å². The van der Waals surface area contributed by atoms with Crippen LogP contribution in [0.5, 0.6) is 5.75 Å². The summed E-state index contributed by atoms with van der Waals surface area (Å²) in [7, 11) is 1.62. The summed E-state index contributed by atoms with van der Waals surface area (Å²) in [6.45, 7) is 2.64. The standard InChI is InChI=1S/C19H21NO3/c1-13-11-16(13)18-9-7-15(23-18)8-10-19(21)20-12-14-5-3-4-6-17(14)22-2/h3-10,13,16H,11-12H2,1-2H3,(H,20,21)/b10-8-/t13-,16-/m1/s1. The highest BCUT2D eigenvalue weighted by Crippen LogP contribution is 2.47. The number of ether oxygens (including phenoxy) is 1. The van der Waals surface area contributed by atoms with Crippen LogP contribution in [0.3, 0.4) is 0 Å². The highest BCUT2D eigenvalue weighted by atomic mass is 16.5. The van der Waals surface area contributed by atoms with Crippen molar-refractivity contribution < 1.29 is 13.9 Å². The van der Waals surface area contributed by atoms with E-state index in [2.05, 4.69) is 12.2 Å². The molecule has 120 valence electrons. The van der Waals surface area contributed by atoms with Crippen molar-refractivity contribution in [2.45, 2.75) is 25.8 Å². The SMILES string of the molecule is COc1ccccc1CNC(=O)/C=C\c1ccc([C@@H]2C[C@H]2C)o1. The van der Waals surface area contributed by atoms with E-state index in [0.29, 0.717) is 24.1 Å². The lowest BCUT2D eigenvalue weighted by molar-refractivity contribution is -0.116. The highest BCUT2D eigenvalue weighted by molar-refractivity contribution is 5.91. The molecule has 0 spiro atoms. The number of nitrogens with one attached hydrogen (secondary N) is 1. The van der Waals surface area contributed by atoms with Crippen molar-refractivity contribution in [3.63, 3.8) is 0 Å². The molecule has 1 amide bonds. The van der Waals surface area contributed by atoms with Gasteiger partial charge in [-0.3, -0.25) is 4.79 Å². The molecule has 1 aromatic carbocycles. The predicted octanol–water partition coefficient (Wildman–Crippen LogP) is 3.74. The second kappa shape index (κ2) is 6.73. The summed E-state index contributed by atoms with van der Waals surface area (Å²) in [5, 5.41) is 2.85. The van der Waals surface area contributed by atoms with Gasteiger partial charge in [0.25, 0.3) is 0 Å². The van der Waals surface area contributed by atoms with Crippen molar-refractivity contribution in [3.8, 4) is 5.75 Å². The molecule has 0 aliphatic heterocycles. The van der Waals surface area contributed by atoms with Crippen LogP contribution in [0.4, 0.5) is 0 Å². The van der Waals surface area contributed by atoms with Gasteiger partial charge in [0, 0.05) is 24.1 Å². The molecular weight excluding hydrogens is 290 g/mol. The maximum absolute atomic E-state index is 11.9. The first-order chi connectivity index (χ1) is 11.2. The summed E-state index contributed by atoms with van der Waals surface area (Å²) < 4.78 is 11.0. The minimum atomic E-state index is -0.159. The fourth-order valence-corrected chi connectivity index (χ4v) is 2.62. The molecule has 0 radical (unpaired) electrons. The lowest BCUT2D eigenvalue weighted by Crippen LogP contribution is -2.20. The molecule has 1 heterocycles. The summed E-state index contributed by atoms with van der Waals surface area (Å²) in [4.78, 5) is 11.9. The Morgan fingerprint density at radius 1 is 1.35 bits per heavy atom. The number of carbonyl (C=O) groups is 1. The van der Waals surface area contributed by atoms with E-state index in [1.807, 2.05) is 36.4 Å². The number of carbonyl (C=O) groups excluding carboxylic acids is 1. The van der Waals surface area contributed by atoms with Crippen molar-refractivity contribution in [2.75, 3.05) is 7.11 Å².